The Hall–Kier alpha value is -2.65. The van der Waals surface area contributed by atoms with Crippen molar-refractivity contribution in [2.45, 2.75) is 30.1 Å². The molecule has 0 radical (unpaired) electrons. The van der Waals surface area contributed by atoms with Gasteiger partial charge >= 0.3 is 0 Å². The molecule has 3 aromatic rings. The van der Waals surface area contributed by atoms with E-state index in [0.29, 0.717) is 5.75 Å². The molecule has 3 aromatic carbocycles. The van der Waals surface area contributed by atoms with E-state index in [2.05, 4.69) is 34.7 Å². The molecule has 1 unspecified atom stereocenters. The summed E-state index contributed by atoms with van der Waals surface area (Å²) in [6.07, 6.45) is 2.24. The molecule has 8 heteroatoms. The Morgan fingerprint density at radius 1 is 0.938 bits per heavy atom. The van der Waals surface area contributed by atoms with E-state index in [1.165, 1.54) is 36.4 Å². The Bertz CT molecular complexity index is 1100. The van der Waals surface area contributed by atoms with Crippen molar-refractivity contribution in [2.24, 2.45) is 0 Å². The van der Waals surface area contributed by atoms with Gasteiger partial charge in [-0.3, -0.25) is 8.98 Å². The maximum absolute atomic E-state index is 11.8. The molecule has 0 aliphatic heterocycles. The van der Waals surface area contributed by atoms with Gasteiger partial charge in [-0.05, 0) is 38.1 Å². The van der Waals surface area contributed by atoms with Crippen LogP contribution in [0.3, 0.4) is 0 Å². The number of hydrogen-bond donors (Lipinski definition) is 1. The fourth-order valence-electron chi connectivity index (χ4n) is 2.82. The van der Waals surface area contributed by atoms with Crippen molar-refractivity contribution in [3.63, 3.8) is 0 Å². The summed E-state index contributed by atoms with van der Waals surface area (Å²) in [6, 6.07) is 26.0. The summed E-state index contributed by atoms with van der Waals surface area (Å²) in [5.74, 6) is 0.832. The van der Waals surface area contributed by atoms with E-state index in [4.69, 9.17) is 0 Å². The topological polar surface area (TPSA) is 104 Å². The molecule has 0 spiro atoms. The second kappa shape index (κ2) is 11.3. The van der Waals surface area contributed by atoms with Crippen LogP contribution in [0.2, 0.25) is 0 Å². The van der Waals surface area contributed by atoms with Gasteiger partial charge in [-0.15, -0.1) is 0 Å². The molecule has 0 amide bonds. The summed E-state index contributed by atoms with van der Waals surface area (Å²) in [7, 11) is -4.71. The largest absolute Gasteiger partial charge is 0.725 e. The van der Waals surface area contributed by atoms with Crippen LogP contribution in [0.15, 0.2) is 89.8 Å². The average molecular weight is 475 g/mol. The van der Waals surface area contributed by atoms with E-state index in [9.17, 15) is 22.9 Å². The van der Waals surface area contributed by atoms with Crippen molar-refractivity contribution in [3.05, 3.63) is 96.1 Å². The molecule has 0 saturated heterocycles. The minimum atomic E-state index is -4.91. The summed E-state index contributed by atoms with van der Waals surface area (Å²) in [6.45, 7) is 2.47. The van der Waals surface area contributed by atoms with E-state index >= 15 is 0 Å². The smallest absolute Gasteiger partial charge is 0.218 e. The highest BCUT2D eigenvalue weighted by Crippen LogP contribution is 2.20. The first-order valence-corrected chi connectivity index (χ1v) is 12.8. The second-order valence-corrected chi connectivity index (χ2v) is 10.5. The van der Waals surface area contributed by atoms with Crippen LogP contribution in [-0.4, -0.2) is 35.7 Å². The molecule has 0 aliphatic rings. The van der Waals surface area contributed by atoms with Gasteiger partial charge in [-0.1, -0.05) is 60.7 Å². The number of carbonyl (C=O) groups is 1. The molecule has 1 atom stereocenters. The SMILES string of the molecule is CC(C)(OS(=O)(=O)[O-])C(=O)c1ccccc1.C[S+](Cc1ccccc1)c1ccc(O)cc1. The Kier molecular flexibility index (Phi) is 9.03. The number of benzene rings is 3. The molecule has 32 heavy (non-hydrogen) atoms. The first kappa shape index (κ1) is 25.6. The van der Waals surface area contributed by atoms with Gasteiger partial charge in [-0.2, -0.15) is 0 Å². The first-order chi connectivity index (χ1) is 15.0. The zero-order chi connectivity index (χ0) is 23.8. The first-order valence-electron chi connectivity index (χ1n) is 9.70. The van der Waals surface area contributed by atoms with E-state index in [1.54, 1.807) is 30.3 Å². The predicted octanol–water partition coefficient (Wildman–Crippen LogP) is 4.32. The molecule has 0 saturated carbocycles. The van der Waals surface area contributed by atoms with Crippen LogP contribution in [-0.2, 0) is 31.2 Å². The lowest BCUT2D eigenvalue weighted by Crippen LogP contribution is -2.37. The number of phenols is 1. The fraction of sp³-hybridized carbons (Fsp3) is 0.208. The highest BCUT2D eigenvalue weighted by molar-refractivity contribution is 7.95. The van der Waals surface area contributed by atoms with Gasteiger partial charge in [0, 0.05) is 22.0 Å². The molecule has 0 aliphatic carbocycles. The third-order valence-electron chi connectivity index (χ3n) is 4.36. The summed E-state index contributed by atoms with van der Waals surface area (Å²) in [5, 5.41) is 9.23. The summed E-state index contributed by atoms with van der Waals surface area (Å²) in [4.78, 5) is 13.1. The molecular formula is C24H26O6S2. The maximum atomic E-state index is 11.8. The molecule has 0 aromatic heterocycles. The van der Waals surface area contributed by atoms with E-state index in [-0.39, 0.29) is 16.5 Å². The highest BCUT2D eigenvalue weighted by Gasteiger charge is 2.32. The molecular weight excluding hydrogens is 448 g/mol. The van der Waals surface area contributed by atoms with Gasteiger partial charge in [0.25, 0.3) is 0 Å². The Morgan fingerprint density at radius 3 is 1.94 bits per heavy atom. The van der Waals surface area contributed by atoms with Gasteiger partial charge in [0.1, 0.15) is 23.4 Å². The molecule has 170 valence electrons. The number of ketones is 1. The van der Waals surface area contributed by atoms with E-state index < -0.39 is 21.8 Å². The van der Waals surface area contributed by atoms with Gasteiger partial charge in [-0.25, -0.2) is 8.42 Å². The predicted molar refractivity (Wildman–Crippen MR) is 125 cm³/mol. The van der Waals surface area contributed by atoms with E-state index in [1.807, 2.05) is 18.2 Å². The van der Waals surface area contributed by atoms with Crippen molar-refractivity contribution in [1.29, 1.82) is 0 Å². The van der Waals surface area contributed by atoms with Crippen LogP contribution in [0, 0.1) is 0 Å². The number of aromatic hydroxyl groups is 1. The van der Waals surface area contributed by atoms with Crippen LogP contribution in [0.4, 0.5) is 0 Å². The normalized spacial score (nSPS) is 12.4. The number of Topliss-reactive ketones (excluding diaryl/α,β-unsaturated/α-hetero) is 1. The third kappa shape index (κ3) is 8.47. The lowest BCUT2D eigenvalue weighted by molar-refractivity contribution is 0.0555. The maximum Gasteiger partial charge on any atom is 0.218 e. The minimum Gasteiger partial charge on any atom is -0.725 e. The van der Waals surface area contributed by atoms with Crippen molar-refractivity contribution >= 4 is 27.1 Å². The summed E-state index contributed by atoms with van der Waals surface area (Å²) >= 11 is 0. The van der Waals surface area contributed by atoms with Gasteiger partial charge in [0.15, 0.2) is 10.7 Å². The van der Waals surface area contributed by atoms with Gasteiger partial charge < -0.3 is 9.66 Å². The van der Waals surface area contributed by atoms with Crippen LogP contribution in [0.5, 0.6) is 5.75 Å². The van der Waals surface area contributed by atoms with Crippen LogP contribution in [0.1, 0.15) is 29.8 Å². The molecule has 0 bridgehead atoms. The average Bonchev–Trinajstić information content (AvgIpc) is 2.74. The minimum absolute atomic E-state index is 0.196. The molecule has 0 heterocycles. The van der Waals surface area contributed by atoms with E-state index in [0.717, 1.165) is 5.75 Å². The lowest BCUT2D eigenvalue weighted by atomic mass is 9.97. The quantitative estimate of drug-likeness (QED) is 0.237. The Balaban J connectivity index is 0.000000227. The summed E-state index contributed by atoms with van der Waals surface area (Å²) in [5.41, 5.74) is -0.0420. The number of carbonyl (C=O) groups excluding carboxylic acids is 1. The second-order valence-electron chi connectivity index (χ2n) is 7.46. The van der Waals surface area contributed by atoms with Crippen molar-refractivity contribution < 1.29 is 27.1 Å². The zero-order valence-electron chi connectivity index (χ0n) is 18.1. The summed E-state index contributed by atoms with van der Waals surface area (Å²) < 4.78 is 35.6. The number of phenolic OH excluding ortho intramolecular Hbond substituents is 1. The lowest BCUT2D eigenvalue weighted by Gasteiger charge is -2.24. The van der Waals surface area contributed by atoms with Crippen molar-refractivity contribution in [2.75, 3.05) is 6.26 Å². The van der Waals surface area contributed by atoms with Crippen molar-refractivity contribution in [1.82, 2.24) is 0 Å². The molecule has 0 fully saturated rings. The Morgan fingerprint density at radius 2 is 1.44 bits per heavy atom. The molecule has 6 nitrogen and oxygen atoms in total. The zero-order valence-corrected chi connectivity index (χ0v) is 19.7. The highest BCUT2D eigenvalue weighted by atomic mass is 32.3. The molecule has 1 N–H and O–H groups in total. The monoisotopic (exact) mass is 474 g/mol. The third-order valence-corrected chi connectivity index (χ3v) is 6.82. The number of rotatable bonds is 7. The van der Waals surface area contributed by atoms with Crippen molar-refractivity contribution in [3.8, 4) is 5.75 Å². The van der Waals surface area contributed by atoms with Gasteiger partial charge in [0.2, 0.25) is 10.4 Å². The van der Waals surface area contributed by atoms with Gasteiger partial charge in [0.05, 0.1) is 0 Å². The fourth-order valence-corrected chi connectivity index (χ4v) is 4.86. The Labute approximate surface area is 192 Å². The van der Waals surface area contributed by atoms with Crippen LogP contribution < -0.4 is 0 Å². The van der Waals surface area contributed by atoms with Crippen LogP contribution in [0.25, 0.3) is 0 Å². The van der Waals surface area contributed by atoms with Crippen LogP contribution >= 0.6 is 0 Å². The number of hydrogen-bond acceptors (Lipinski definition) is 6. The standard InChI is InChI=1S/C14H14OS.C10H12O5S/c1-16(11-12-5-3-2-4-6-12)14-9-7-13(15)8-10-14;1-10(2,15-16(12,13)14)9(11)8-6-4-3-5-7-8/h2-10H,11H2,1H3;3-7H,1-2H3,(H,12,13,14). The molecule has 3 rings (SSSR count).